The van der Waals surface area contributed by atoms with E-state index in [2.05, 4.69) is 26.6 Å². The van der Waals surface area contributed by atoms with Crippen LogP contribution in [-0.4, -0.2) is 48.1 Å². The molecule has 1 aliphatic rings. The van der Waals surface area contributed by atoms with E-state index >= 15 is 0 Å². The number of aryl methyl sites for hydroxylation is 1. The Balaban J connectivity index is 1.38. The van der Waals surface area contributed by atoms with Crippen LogP contribution in [0.1, 0.15) is 22.3 Å². The van der Waals surface area contributed by atoms with Gasteiger partial charge in [-0.1, -0.05) is 39.7 Å². The zero-order chi connectivity index (χ0) is 30.6. The molecule has 4 rings (SSSR count). The number of nitrogens with one attached hydrogen (secondary N) is 2. The lowest BCUT2D eigenvalue weighted by molar-refractivity contribution is -0.127. The number of carbonyl (C=O) groups is 4. The summed E-state index contributed by atoms with van der Waals surface area (Å²) in [4.78, 5) is 51.5. The Morgan fingerprint density at radius 3 is 2.45 bits per heavy atom. The number of thioether (sulfide) groups is 1. The second-order valence-corrected chi connectivity index (χ2v) is 11.6. The largest absolute Gasteiger partial charge is 0.493 e. The maximum Gasteiger partial charge on any atom is 0.294 e. The molecule has 2 N–H and O–H groups in total. The topological polar surface area (TPSA) is 114 Å². The molecular weight excluding hydrogens is 646 g/mol. The molecule has 0 saturated carbocycles. The third kappa shape index (κ3) is 7.33. The summed E-state index contributed by atoms with van der Waals surface area (Å²) in [5, 5.41) is 5.42. The molecule has 1 fully saturated rings. The van der Waals surface area contributed by atoms with Crippen LogP contribution in [0.3, 0.4) is 0 Å². The van der Waals surface area contributed by atoms with Crippen molar-refractivity contribution in [2.75, 3.05) is 30.9 Å². The number of ether oxygens (including phenoxy) is 2. The van der Waals surface area contributed by atoms with Gasteiger partial charge in [-0.2, -0.15) is 0 Å². The molecule has 1 aliphatic heterocycles. The summed E-state index contributed by atoms with van der Waals surface area (Å²) in [7, 11) is 1.45. The zero-order valence-electron chi connectivity index (χ0n) is 23.2. The summed E-state index contributed by atoms with van der Waals surface area (Å²) in [5.74, 6) is -0.793. The van der Waals surface area contributed by atoms with E-state index in [0.29, 0.717) is 33.5 Å². The molecule has 9 nitrogen and oxygen atoms in total. The van der Waals surface area contributed by atoms with Crippen LogP contribution in [0.2, 0.25) is 5.02 Å². The van der Waals surface area contributed by atoms with Crippen molar-refractivity contribution < 1.29 is 28.7 Å². The monoisotopic (exact) mass is 671 g/mol. The molecule has 4 amide bonds. The average Bonchev–Trinajstić information content (AvgIpc) is 3.21. The number of imide groups is 1. The van der Waals surface area contributed by atoms with Crippen LogP contribution in [0.4, 0.5) is 16.2 Å². The molecule has 1 heterocycles. The van der Waals surface area contributed by atoms with Crippen LogP contribution in [0.5, 0.6) is 11.5 Å². The first kappa shape index (κ1) is 31.1. The molecule has 12 heteroatoms. The summed E-state index contributed by atoms with van der Waals surface area (Å²) >= 11 is 10.3. The Bertz CT molecular complexity index is 1630. The van der Waals surface area contributed by atoms with Gasteiger partial charge >= 0.3 is 0 Å². The molecule has 0 atom stereocenters. The normalized spacial score (nSPS) is 13.9. The number of rotatable bonds is 9. The minimum atomic E-state index is -0.587. The molecule has 1 saturated heterocycles. The van der Waals surface area contributed by atoms with E-state index in [1.807, 2.05) is 32.9 Å². The number of nitrogens with zero attached hydrogens (tertiary/aromatic N) is 1. The van der Waals surface area contributed by atoms with Crippen LogP contribution >= 0.6 is 39.3 Å². The van der Waals surface area contributed by atoms with Crippen molar-refractivity contribution >= 4 is 79.7 Å². The lowest BCUT2D eigenvalue weighted by atomic mass is 10.1. The molecule has 42 heavy (non-hydrogen) atoms. The maximum absolute atomic E-state index is 12.9. The molecule has 218 valence electrons. The Hall–Kier alpha value is -3.80. The van der Waals surface area contributed by atoms with Gasteiger partial charge < -0.3 is 20.1 Å². The van der Waals surface area contributed by atoms with Gasteiger partial charge in [0.1, 0.15) is 6.54 Å². The lowest BCUT2D eigenvalue weighted by Gasteiger charge is -2.14. The molecule has 0 radical (unpaired) electrons. The first-order valence-corrected chi connectivity index (χ1v) is 14.6. The number of hydrogen-bond acceptors (Lipinski definition) is 7. The third-order valence-corrected chi connectivity index (χ3v) is 8.64. The Labute approximate surface area is 260 Å². The highest BCUT2D eigenvalue weighted by Crippen LogP contribution is 2.35. The number of methoxy groups -OCH3 is 1. The van der Waals surface area contributed by atoms with E-state index in [1.165, 1.54) is 13.2 Å². The van der Waals surface area contributed by atoms with Gasteiger partial charge in [-0.3, -0.25) is 24.1 Å². The van der Waals surface area contributed by atoms with E-state index in [1.54, 1.807) is 36.4 Å². The fourth-order valence-electron chi connectivity index (χ4n) is 3.95. The first-order valence-electron chi connectivity index (χ1n) is 12.6. The van der Waals surface area contributed by atoms with E-state index in [4.69, 9.17) is 21.1 Å². The smallest absolute Gasteiger partial charge is 0.294 e. The summed E-state index contributed by atoms with van der Waals surface area (Å²) in [6, 6.07) is 13.6. The summed E-state index contributed by atoms with van der Waals surface area (Å²) in [6.07, 6.45) is 1.53. The second kappa shape index (κ2) is 13.5. The maximum atomic E-state index is 12.9. The average molecular weight is 673 g/mol. The standard InChI is InChI=1S/C30H27BrClN3O6S/c1-16-5-7-20(13-22(16)32)33-27(36)14-35-29(38)26(42-30(35)39)12-19-6-10-24(25(11-19)40-4)41-15-28(37)34-23-9-8-21(31)17(2)18(23)3/h5-13H,14-15H2,1-4H3,(H,33,36)(H,34,37)/b26-12+. The minimum absolute atomic E-state index is 0.154. The number of amides is 4. The van der Waals surface area contributed by atoms with E-state index in [-0.39, 0.29) is 17.4 Å². The van der Waals surface area contributed by atoms with Crippen molar-refractivity contribution in [3.05, 3.63) is 85.2 Å². The van der Waals surface area contributed by atoms with Crippen molar-refractivity contribution in [1.82, 2.24) is 4.90 Å². The van der Waals surface area contributed by atoms with Gasteiger partial charge in [-0.25, -0.2) is 0 Å². The van der Waals surface area contributed by atoms with Crippen molar-refractivity contribution in [2.24, 2.45) is 0 Å². The van der Waals surface area contributed by atoms with Gasteiger partial charge in [0, 0.05) is 20.9 Å². The highest BCUT2D eigenvalue weighted by atomic mass is 79.9. The Morgan fingerprint density at radius 2 is 1.74 bits per heavy atom. The zero-order valence-corrected chi connectivity index (χ0v) is 26.3. The summed E-state index contributed by atoms with van der Waals surface area (Å²) in [5.41, 5.74) is 4.55. The Kier molecular flexibility index (Phi) is 9.97. The third-order valence-electron chi connectivity index (χ3n) is 6.47. The second-order valence-electron chi connectivity index (χ2n) is 9.37. The van der Waals surface area contributed by atoms with Crippen LogP contribution in [0.25, 0.3) is 6.08 Å². The van der Waals surface area contributed by atoms with Crippen LogP contribution in [0, 0.1) is 20.8 Å². The Morgan fingerprint density at radius 1 is 0.976 bits per heavy atom. The molecule has 0 unspecified atom stereocenters. The summed E-state index contributed by atoms with van der Waals surface area (Å²) < 4.78 is 12.1. The van der Waals surface area contributed by atoms with Gasteiger partial charge in [0.25, 0.3) is 17.1 Å². The van der Waals surface area contributed by atoms with E-state index < -0.39 is 23.6 Å². The SMILES string of the molecule is COc1cc(/C=C2/SC(=O)N(CC(=O)Nc3ccc(C)c(Cl)c3)C2=O)ccc1OCC(=O)Nc1ccc(Br)c(C)c1C. The highest BCUT2D eigenvalue weighted by Gasteiger charge is 2.36. The van der Waals surface area contributed by atoms with Crippen molar-refractivity contribution in [1.29, 1.82) is 0 Å². The summed E-state index contributed by atoms with van der Waals surface area (Å²) in [6.45, 7) is 5.02. The predicted octanol–water partition coefficient (Wildman–Crippen LogP) is 6.73. The van der Waals surface area contributed by atoms with Crippen molar-refractivity contribution in [2.45, 2.75) is 20.8 Å². The van der Waals surface area contributed by atoms with Crippen LogP contribution in [0.15, 0.2) is 57.9 Å². The number of hydrogen-bond donors (Lipinski definition) is 2. The van der Waals surface area contributed by atoms with Crippen molar-refractivity contribution in [3.63, 3.8) is 0 Å². The number of benzene rings is 3. The molecule has 0 spiro atoms. The van der Waals surface area contributed by atoms with Crippen molar-refractivity contribution in [3.8, 4) is 11.5 Å². The van der Waals surface area contributed by atoms with Gasteiger partial charge in [-0.15, -0.1) is 0 Å². The van der Waals surface area contributed by atoms with Gasteiger partial charge in [0.15, 0.2) is 18.1 Å². The molecule has 0 bridgehead atoms. The molecular formula is C30H27BrClN3O6S. The number of carbonyl (C=O) groups excluding carboxylic acids is 4. The highest BCUT2D eigenvalue weighted by molar-refractivity contribution is 9.10. The minimum Gasteiger partial charge on any atom is -0.493 e. The van der Waals surface area contributed by atoms with Crippen LogP contribution < -0.4 is 20.1 Å². The van der Waals surface area contributed by atoms with Gasteiger partial charge in [0.05, 0.1) is 12.0 Å². The molecule has 0 aromatic heterocycles. The first-order chi connectivity index (χ1) is 20.0. The predicted molar refractivity (Wildman–Crippen MR) is 168 cm³/mol. The molecule has 3 aromatic rings. The van der Waals surface area contributed by atoms with Gasteiger partial charge in [0.2, 0.25) is 5.91 Å². The molecule has 0 aliphatic carbocycles. The fourth-order valence-corrected chi connectivity index (χ4v) is 5.40. The number of anilines is 2. The number of halogens is 2. The van der Waals surface area contributed by atoms with Crippen LogP contribution in [-0.2, 0) is 14.4 Å². The van der Waals surface area contributed by atoms with E-state index in [9.17, 15) is 19.2 Å². The lowest BCUT2D eigenvalue weighted by Crippen LogP contribution is -2.36. The molecule has 3 aromatic carbocycles. The van der Waals surface area contributed by atoms with E-state index in [0.717, 1.165) is 37.8 Å². The fraction of sp³-hybridized carbons (Fsp3) is 0.200. The van der Waals surface area contributed by atoms with Gasteiger partial charge in [-0.05, 0) is 97.3 Å². The quantitative estimate of drug-likeness (QED) is 0.242.